The smallest absolute Gasteiger partial charge is 0.251 e. The minimum atomic E-state index is -1.11. The zero-order chi connectivity index (χ0) is 23.6. The Morgan fingerprint density at radius 1 is 1.41 bits per heavy atom. The van der Waals surface area contributed by atoms with Gasteiger partial charge in [-0.1, -0.05) is 6.08 Å². The first-order chi connectivity index (χ1) is 15.3. The van der Waals surface area contributed by atoms with Crippen molar-refractivity contribution in [1.82, 2.24) is 10.3 Å². The zero-order valence-corrected chi connectivity index (χ0v) is 19.1. The van der Waals surface area contributed by atoms with Gasteiger partial charge in [0.15, 0.2) is 0 Å². The lowest BCUT2D eigenvalue weighted by Crippen LogP contribution is -2.45. The van der Waals surface area contributed by atoms with Gasteiger partial charge < -0.3 is 15.0 Å². The van der Waals surface area contributed by atoms with Crippen molar-refractivity contribution < 1.29 is 13.9 Å². The molecule has 32 heavy (non-hydrogen) atoms. The van der Waals surface area contributed by atoms with Gasteiger partial charge >= 0.3 is 0 Å². The van der Waals surface area contributed by atoms with E-state index in [0.717, 1.165) is 5.69 Å². The first-order valence-electron chi connectivity index (χ1n) is 10.1. The molecule has 0 spiro atoms. The number of carbonyl (C=O) groups excluding carboxylic acids is 1. The van der Waals surface area contributed by atoms with Crippen molar-refractivity contribution in [3.63, 3.8) is 0 Å². The van der Waals surface area contributed by atoms with Crippen LogP contribution in [0.4, 0.5) is 15.8 Å². The number of anilines is 2. The molecule has 168 valence electrons. The molecule has 1 aliphatic rings. The van der Waals surface area contributed by atoms with Crippen LogP contribution in [0.5, 0.6) is 5.75 Å². The highest BCUT2D eigenvalue weighted by Crippen LogP contribution is 2.43. The summed E-state index contributed by atoms with van der Waals surface area (Å²) in [4.78, 5) is 25.5. The third-order valence-corrected chi connectivity index (χ3v) is 5.43. The number of ether oxygens (including phenoxy) is 1. The molecule has 1 amide bonds. The minimum absolute atomic E-state index is 0.0310. The first kappa shape index (κ1) is 22.9. The summed E-state index contributed by atoms with van der Waals surface area (Å²) in [6.07, 6.45) is 4.95. The molecule has 0 aliphatic carbocycles. The fraction of sp³-hybridized carbons (Fsp3) is 0.304. The Kier molecular flexibility index (Phi) is 6.57. The van der Waals surface area contributed by atoms with Gasteiger partial charge in [0.2, 0.25) is 5.97 Å². The molecule has 0 saturated carbocycles. The number of likely N-dealkylation sites (N-methyl/N-ethyl adjacent to an activating group) is 1. The van der Waals surface area contributed by atoms with E-state index in [1.165, 1.54) is 13.3 Å². The van der Waals surface area contributed by atoms with Gasteiger partial charge in [-0.05, 0) is 19.9 Å². The number of nitrogens with zero attached hydrogens (tertiary/aromatic N) is 4. The molecule has 1 aromatic carbocycles. The number of nitrogens with one attached hydrogen (secondary N) is 2. The van der Waals surface area contributed by atoms with Crippen LogP contribution in [0, 0.1) is 5.41 Å². The average Bonchev–Trinajstić information content (AvgIpc) is 2.78. The van der Waals surface area contributed by atoms with Crippen molar-refractivity contribution in [2.24, 2.45) is 4.99 Å². The normalized spacial score (nSPS) is 15.2. The SMILES string of the molecule is C/C=C(\C(C)=NC)N1C(=O)CN(C)c2cnc3cc(OC)c(/C(=C/NC)C(=N)F)cc3c21. The second kappa shape index (κ2) is 9.17. The Balaban J connectivity index is 2.44. The van der Waals surface area contributed by atoms with Crippen molar-refractivity contribution >= 4 is 45.4 Å². The van der Waals surface area contributed by atoms with Gasteiger partial charge in [0.1, 0.15) is 5.75 Å². The molecule has 2 heterocycles. The zero-order valence-electron chi connectivity index (χ0n) is 19.1. The maximum atomic E-state index is 14.1. The highest BCUT2D eigenvalue weighted by molar-refractivity contribution is 6.22. The highest BCUT2D eigenvalue weighted by atomic mass is 19.1. The summed E-state index contributed by atoms with van der Waals surface area (Å²) in [5.74, 6) is -0.860. The van der Waals surface area contributed by atoms with Gasteiger partial charge in [-0.3, -0.25) is 25.1 Å². The Hall–Kier alpha value is -3.75. The molecule has 8 nitrogen and oxygen atoms in total. The third-order valence-electron chi connectivity index (χ3n) is 5.43. The van der Waals surface area contributed by atoms with E-state index in [1.54, 1.807) is 37.3 Å². The molecule has 0 fully saturated rings. The number of pyridine rings is 1. The van der Waals surface area contributed by atoms with Crippen LogP contribution in [0.2, 0.25) is 0 Å². The lowest BCUT2D eigenvalue weighted by Gasteiger charge is -2.37. The molecule has 0 radical (unpaired) electrons. The molecule has 2 aromatic rings. The van der Waals surface area contributed by atoms with Gasteiger partial charge in [0.25, 0.3) is 5.91 Å². The number of methoxy groups -OCH3 is 1. The van der Waals surface area contributed by atoms with Crippen LogP contribution in [-0.4, -0.2) is 57.4 Å². The molecular formula is C23H27FN6O2. The summed E-state index contributed by atoms with van der Waals surface area (Å²) >= 11 is 0. The first-order valence-corrected chi connectivity index (χ1v) is 10.1. The molecule has 0 atom stereocenters. The van der Waals surface area contributed by atoms with Crippen molar-refractivity contribution in [2.45, 2.75) is 13.8 Å². The topological polar surface area (TPSA) is 93.9 Å². The van der Waals surface area contributed by atoms with Crippen LogP contribution in [0.3, 0.4) is 0 Å². The monoisotopic (exact) mass is 438 g/mol. The van der Waals surface area contributed by atoms with Crippen molar-refractivity contribution in [2.75, 3.05) is 44.6 Å². The molecule has 3 rings (SSSR count). The van der Waals surface area contributed by atoms with E-state index in [0.29, 0.717) is 39.3 Å². The van der Waals surface area contributed by atoms with Crippen LogP contribution in [0.25, 0.3) is 16.5 Å². The molecule has 2 N–H and O–H groups in total. The number of benzene rings is 1. The Bertz CT molecular complexity index is 1180. The van der Waals surface area contributed by atoms with E-state index in [4.69, 9.17) is 10.1 Å². The number of allylic oxidation sites excluding steroid dienone is 3. The quantitative estimate of drug-likeness (QED) is 0.673. The van der Waals surface area contributed by atoms with E-state index in [2.05, 4.69) is 15.3 Å². The summed E-state index contributed by atoms with van der Waals surface area (Å²) in [5, 5.41) is 11.0. The van der Waals surface area contributed by atoms with Crippen molar-refractivity contribution in [1.29, 1.82) is 5.41 Å². The second-order valence-corrected chi connectivity index (χ2v) is 7.29. The molecule has 1 aromatic heterocycles. The molecule has 9 heteroatoms. The van der Waals surface area contributed by atoms with E-state index in [-0.39, 0.29) is 18.0 Å². The van der Waals surface area contributed by atoms with Crippen LogP contribution in [0.1, 0.15) is 19.4 Å². The van der Waals surface area contributed by atoms with Gasteiger partial charge in [0.05, 0.1) is 53.7 Å². The van der Waals surface area contributed by atoms with Gasteiger partial charge in [0, 0.05) is 44.4 Å². The fourth-order valence-electron chi connectivity index (χ4n) is 3.85. The van der Waals surface area contributed by atoms with E-state index < -0.39 is 5.97 Å². The van der Waals surface area contributed by atoms with E-state index in [9.17, 15) is 9.18 Å². The summed E-state index contributed by atoms with van der Waals surface area (Å²) in [7, 11) is 6.60. The number of amides is 1. The van der Waals surface area contributed by atoms with Gasteiger partial charge in [-0.25, -0.2) is 0 Å². The summed E-state index contributed by atoms with van der Waals surface area (Å²) in [5.41, 5.74) is 3.74. The molecule has 0 saturated heterocycles. The Morgan fingerprint density at radius 2 is 2.12 bits per heavy atom. The minimum Gasteiger partial charge on any atom is -0.496 e. The van der Waals surface area contributed by atoms with Crippen LogP contribution in [-0.2, 0) is 4.79 Å². The van der Waals surface area contributed by atoms with Crippen molar-refractivity contribution in [3.8, 4) is 5.75 Å². The summed E-state index contributed by atoms with van der Waals surface area (Å²) in [6.45, 7) is 3.87. The number of aliphatic imine (C=N–C) groups is 1. The predicted octanol–water partition coefficient (Wildman–Crippen LogP) is 3.53. The lowest BCUT2D eigenvalue weighted by atomic mass is 9.99. The highest BCUT2D eigenvalue weighted by Gasteiger charge is 2.33. The Labute approximate surface area is 186 Å². The van der Waals surface area contributed by atoms with Crippen LogP contribution >= 0.6 is 0 Å². The van der Waals surface area contributed by atoms with Crippen LogP contribution in [0.15, 0.2) is 41.3 Å². The molecule has 0 unspecified atom stereocenters. The standard InChI is InChI=1S/C23H27FN6O2/c1-7-18(13(2)27-4)30-21(31)12-29(5)19-11-28-17-9-20(32-6)14(8-15(17)22(19)30)16(10-26-3)23(24)25/h7-11,25-26H,12H2,1-6H3/b16-10-,18-7+,25-23?,27-13?. The number of fused-ring (bicyclic) bond motifs is 3. The number of carbonyl (C=O) groups is 1. The van der Waals surface area contributed by atoms with E-state index in [1.807, 2.05) is 31.9 Å². The number of hydrogen-bond donors (Lipinski definition) is 2. The lowest BCUT2D eigenvalue weighted by molar-refractivity contribution is -0.117. The largest absolute Gasteiger partial charge is 0.496 e. The number of aromatic nitrogens is 1. The summed E-state index contributed by atoms with van der Waals surface area (Å²) < 4.78 is 19.6. The molecular weight excluding hydrogens is 411 g/mol. The predicted molar refractivity (Wildman–Crippen MR) is 128 cm³/mol. The van der Waals surface area contributed by atoms with E-state index >= 15 is 0 Å². The van der Waals surface area contributed by atoms with Gasteiger partial charge in [-0.15, -0.1) is 0 Å². The maximum Gasteiger partial charge on any atom is 0.251 e. The number of halogens is 1. The molecule has 1 aliphatic heterocycles. The van der Waals surface area contributed by atoms with Crippen LogP contribution < -0.4 is 19.9 Å². The number of hydrogen-bond acceptors (Lipinski definition) is 7. The van der Waals surface area contributed by atoms with Crippen molar-refractivity contribution in [3.05, 3.63) is 41.9 Å². The molecule has 0 bridgehead atoms. The average molecular weight is 439 g/mol. The van der Waals surface area contributed by atoms with Gasteiger partial charge in [-0.2, -0.15) is 4.39 Å². The maximum absolute atomic E-state index is 14.1. The fourth-order valence-corrected chi connectivity index (χ4v) is 3.85. The number of rotatable bonds is 6. The Morgan fingerprint density at radius 3 is 2.69 bits per heavy atom. The third kappa shape index (κ3) is 3.81. The second-order valence-electron chi connectivity index (χ2n) is 7.29. The summed E-state index contributed by atoms with van der Waals surface area (Å²) in [6, 6.07) is 3.40.